The summed E-state index contributed by atoms with van der Waals surface area (Å²) in [5.41, 5.74) is 2.11. The molecule has 0 N–H and O–H groups in total. The normalized spacial score (nSPS) is 11.2. The van der Waals surface area contributed by atoms with Crippen LogP contribution in [0.15, 0.2) is 63.9 Å². The van der Waals surface area contributed by atoms with Crippen molar-refractivity contribution in [2.75, 3.05) is 0 Å². The van der Waals surface area contributed by atoms with Crippen LogP contribution in [0.25, 0.3) is 23.1 Å². The van der Waals surface area contributed by atoms with Crippen molar-refractivity contribution in [3.05, 3.63) is 76.4 Å². The molecular formula is C16H11NO2. The molecule has 0 unspecified atom stereocenters. The van der Waals surface area contributed by atoms with Gasteiger partial charge in [0, 0.05) is 17.6 Å². The second-order valence-corrected chi connectivity index (χ2v) is 4.14. The van der Waals surface area contributed by atoms with Crippen LogP contribution >= 0.6 is 0 Å². The fraction of sp³-hybridized carbons (Fsp3) is 0. The van der Waals surface area contributed by atoms with Crippen LogP contribution in [0.2, 0.25) is 0 Å². The number of rotatable bonds is 2. The number of nitrogens with zero attached hydrogens (tertiary/aromatic N) is 1. The molecule has 3 nitrogen and oxygen atoms in total. The Morgan fingerprint density at radius 1 is 1.00 bits per heavy atom. The number of aromatic nitrogens is 1. The Balaban J connectivity index is 1.97. The molecule has 0 amide bonds. The Labute approximate surface area is 109 Å². The lowest BCUT2D eigenvalue weighted by Gasteiger charge is -1.97. The first-order chi connectivity index (χ1) is 9.31. The molecule has 0 bridgehead atoms. The molecule has 0 radical (unpaired) electrons. The first-order valence-electron chi connectivity index (χ1n) is 5.94. The van der Waals surface area contributed by atoms with Gasteiger partial charge in [-0.3, -0.25) is 4.98 Å². The smallest absolute Gasteiger partial charge is 0.336 e. The summed E-state index contributed by atoms with van der Waals surface area (Å²) in [5.74, 6) is 0. The maximum Gasteiger partial charge on any atom is 0.336 e. The monoisotopic (exact) mass is 249 g/mol. The van der Waals surface area contributed by atoms with Gasteiger partial charge in [0.2, 0.25) is 0 Å². The van der Waals surface area contributed by atoms with Crippen LogP contribution in [-0.2, 0) is 0 Å². The van der Waals surface area contributed by atoms with Crippen molar-refractivity contribution in [2.24, 2.45) is 0 Å². The van der Waals surface area contributed by atoms with E-state index in [1.54, 1.807) is 12.3 Å². The highest BCUT2D eigenvalue weighted by atomic mass is 16.4. The van der Waals surface area contributed by atoms with E-state index in [0.717, 1.165) is 16.6 Å². The van der Waals surface area contributed by atoms with Gasteiger partial charge < -0.3 is 4.42 Å². The largest absolute Gasteiger partial charge is 0.423 e. The third kappa shape index (κ3) is 2.60. The van der Waals surface area contributed by atoms with E-state index in [0.29, 0.717) is 5.58 Å². The number of hydrogen-bond acceptors (Lipinski definition) is 3. The Bertz CT molecular complexity index is 788. The molecule has 0 spiro atoms. The van der Waals surface area contributed by atoms with Crippen LogP contribution < -0.4 is 5.63 Å². The lowest BCUT2D eigenvalue weighted by molar-refractivity contribution is 0.561. The summed E-state index contributed by atoms with van der Waals surface area (Å²) in [4.78, 5) is 15.4. The third-order valence-electron chi connectivity index (χ3n) is 2.78. The zero-order valence-electron chi connectivity index (χ0n) is 10.1. The first kappa shape index (κ1) is 11.4. The van der Waals surface area contributed by atoms with Gasteiger partial charge in [0.15, 0.2) is 0 Å². The van der Waals surface area contributed by atoms with Crippen LogP contribution in [0.4, 0.5) is 0 Å². The molecule has 0 saturated heterocycles. The molecule has 1 aromatic carbocycles. The number of hydrogen-bond donors (Lipinski definition) is 0. The summed E-state index contributed by atoms with van der Waals surface area (Å²) >= 11 is 0. The lowest BCUT2D eigenvalue weighted by atomic mass is 10.1. The van der Waals surface area contributed by atoms with E-state index in [1.807, 2.05) is 48.6 Å². The number of fused-ring (bicyclic) bond motifs is 1. The van der Waals surface area contributed by atoms with Crippen molar-refractivity contribution < 1.29 is 4.42 Å². The molecule has 2 heterocycles. The Morgan fingerprint density at radius 2 is 1.89 bits per heavy atom. The minimum absolute atomic E-state index is 0.335. The Kier molecular flexibility index (Phi) is 2.94. The molecule has 19 heavy (non-hydrogen) atoms. The first-order valence-corrected chi connectivity index (χ1v) is 5.94. The van der Waals surface area contributed by atoms with Gasteiger partial charge in [-0.05, 0) is 35.9 Å². The van der Waals surface area contributed by atoms with Crippen molar-refractivity contribution in [1.29, 1.82) is 0 Å². The molecule has 2 aromatic heterocycles. The van der Waals surface area contributed by atoms with E-state index < -0.39 is 0 Å². The molecular weight excluding hydrogens is 238 g/mol. The van der Waals surface area contributed by atoms with Crippen molar-refractivity contribution in [2.45, 2.75) is 0 Å². The molecule has 0 fully saturated rings. The molecule has 0 aliphatic carbocycles. The summed E-state index contributed by atoms with van der Waals surface area (Å²) in [6.07, 6.45) is 5.61. The summed E-state index contributed by atoms with van der Waals surface area (Å²) in [7, 11) is 0. The molecule has 92 valence electrons. The number of pyridine rings is 1. The molecule has 0 aliphatic rings. The highest BCUT2D eigenvalue weighted by Crippen LogP contribution is 2.15. The van der Waals surface area contributed by atoms with Gasteiger partial charge in [0.05, 0.1) is 5.69 Å². The maximum absolute atomic E-state index is 11.2. The average molecular weight is 249 g/mol. The molecule has 0 aliphatic heterocycles. The van der Waals surface area contributed by atoms with Gasteiger partial charge in [0.25, 0.3) is 0 Å². The summed E-state index contributed by atoms with van der Waals surface area (Å²) in [6.45, 7) is 0. The summed E-state index contributed by atoms with van der Waals surface area (Å²) in [6, 6.07) is 14.7. The van der Waals surface area contributed by atoms with Crippen LogP contribution in [0.1, 0.15) is 11.3 Å². The van der Waals surface area contributed by atoms with Crippen molar-refractivity contribution in [3.8, 4) is 0 Å². The van der Waals surface area contributed by atoms with Gasteiger partial charge in [-0.2, -0.15) is 0 Å². The topological polar surface area (TPSA) is 43.1 Å². The molecule has 0 atom stereocenters. The van der Waals surface area contributed by atoms with Crippen LogP contribution in [-0.4, -0.2) is 4.98 Å². The Hall–Kier alpha value is -2.68. The average Bonchev–Trinajstić information content (AvgIpc) is 2.46. The fourth-order valence-corrected chi connectivity index (χ4v) is 1.84. The van der Waals surface area contributed by atoms with Crippen molar-refractivity contribution in [3.63, 3.8) is 0 Å². The van der Waals surface area contributed by atoms with Crippen LogP contribution in [0.3, 0.4) is 0 Å². The second kappa shape index (κ2) is 4.90. The van der Waals surface area contributed by atoms with E-state index in [2.05, 4.69) is 4.98 Å². The molecule has 3 aromatic rings. The zero-order chi connectivity index (χ0) is 13.1. The standard InChI is InChI=1S/C16H11NO2/c18-16-9-7-13-6-4-12(11-15(13)19-16)5-8-14-3-1-2-10-17-14/h1-11H/b8-5+. The predicted octanol–water partition coefficient (Wildman–Crippen LogP) is 3.36. The van der Waals surface area contributed by atoms with E-state index >= 15 is 0 Å². The minimum Gasteiger partial charge on any atom is -0.423 e. The third-order valence-corrected chi connectivity index (χ3v) is 2.78. The van der Waals surface area contributed by atoms with Gasteiger partial charge in [0.1, 0.15) is 5.58 Å². The molecule has 3 rings (SSSR count). The molecule has 0 saturated carbocycles. The van der Waals surface area contributed by atoms with E-state index in [-0.39, 0.29) is 5.63 Å². The van der Waals surface area contributed by atoms with E-state index in [1.165, 1.54) is 6.07 Å². The van der Waals surface area contributed by atoms with E-state index in [4.69, 9.17) is 4.42 Å². The van der Waals surface area contributed by atoms with E-state index in [9.17, 15) is 4.79 Å². The number of benzene rings is 1. The van der Waals surface area contributed by atoms with Crippen molar-refractivity contribution >= 4 is 23.1 Å². The van der Waals surface area contributed by atoms with Crippen LogP contribution in [0.5, 0.6) is 0 Å². The van der Waals surface area contributed by atoms with Gasteiger partial charge in [-0.1, -0.05) is 24.3 Å². The summed E-state index contributed by atoms with van der Waals surface area (Å²) < 4.78 is 5.15. The molecule has 3 heteroatoms. The summed E-state index contributed by atoms with van der Waals surface area (Å²) in [5, 5.41) is 0.912. The highest BCUT2D eigenvalue weighted by Gasteiger charge is 1.97. The quantitative estimate of drug-likeness (QED) is 0.654. The lowest BCUT2D eigenvalue weighted by Crippen LogP contribution is -1.94. The van der Waals surface area contributed by atoms with Gasteiger partial charge in [-0.25, -0.2) is 4.79 Å². The SMILES string of the molecule is O=c1ccc2ccc(/C=C/c3ccccn3)cc2o1. The maximum atomic E-state index is 11.2. The Morgan fingerprint density at radius 3 is 2.74 bits per heavy atom. The highest BCUT2D eigenvalue weighted by molar-refractivity contribution is 5.81. The van der Waals surface area contributed by atoms with Crippen LogP contribution in [0, 0.1) is 0 Å². The predicted molar refractivity (Wildman–Crippen MR) is 75.6 cm³/mol. The van der Waals surface area contributed by atoms with Gasteiger partial charge in [-0.15, -0.1) is 0 Å². The second-order valence-electron chi connectivity index (χ2n) is 4.14. The van der Waals surface area contributed by atoms with Gasteiger partial charge >= 0.3 is 5.63 Å². The zero-order valence-corrected chi connectivity index (χ0v) is 10.1. The van der Waals surface area contributed by atoms with Crippen molar-refractivity contribution in [1.82, 2.24) is 4.98 Å². The minimum atomic E-state index is -0.335. The fourth-order valence-electron chi connectivity index (χ4n) is 1.84.